The Hall–Kier alpha value is -0.810. The number of hydrogen-bond acceptors (Lipinski definition) is 3. The highest BCUT2D eigenvalue weighted by Gasteiger charge is 2.41. The molecule has 5 heteroatoms. The van der Waals surface area contributed by atoms with Crippen LogP contribution < -0.4 is 5.32 Å². The quantitative estimate of drug-likeness (QED) is 0.787. The minimum Gasteiger partial charge on any atom is -0.338 e. The zero-order valence-electron chi connectivity index (χ0n) is 14.9. The molecule has 0 aromatic carbocycles. The number of rotatable bonds is 5. The number of carbonyl (C=O) groups excluding carboxylic acids is 1. The molecule has 5 nitrogen and oxygen atoms in total. The molecule has 1 spiro atoms. The molecule has 1 aliphatic carbocycles. The number of hydrogen-bond donors (Lipinski definition) is 1. The van der Waals surface area contributed by atoms with Crippen molar-refractivity contribution in [2.45, 2.75) is 44.9 Å². The van der Waals surface area contributed by atoms with E-state index in [0.29, 0.717) is 5.41 Å². The monoisotopic (exact) mass is 322 g/mol. The van der Waals surface area contributed by atoms with Crippen molar-refractivity contribution in [1.29, 1.82) is 0 Å². The number of urea groups is 1. The first-order valence-electron chi connectivity index (χ1n) is 9.61. The van der Waals surface area contributed by atoms with Crippen LogP contribution in [0.25, 0.3) is 0 Å². The molecule has 23 heavy (non-hydrogen) atoms. The number of likely N-dealkylation sites (N-methyl/N-ethyl adjacent to an activating group) is 1. The summed E-state index contributed by atoms with van der Waals surface area (Å²) >= 11 is 0. The van der Waals surface area contributed by atoms with Crippen LogP contribution in [0.2, 0.25) is 0 Å². The molecule has 0 bridgehead atoms. The fourth-order valence-electron chi connectivity index (χ4n) is 4.48. The Morgan fingerprint density at radius 1 is 1.00 bits per heavy atom. The Labute approximate surface area is 141 Å². The minimum atomic E-state index is 0.174. The van der Waals surface area contributed by atoms with Crippen molar-refractivity contribution in [3.05, 3.63) is 0 Å². The maximum absolute atomic E-state index is 12.3. The maximum atomic E-state index is 12.3. The largest absolute Gasteiger partial charge is 0.338 e. The molecule has 2 saturated heterocycles. The van der Waals surface area contributed by atoms with Crippen LogP contribution in [0.4, 0.5) is 4.79 Å². The lowest BCUT2D eigenvalue weighted by Crippen LogP contribution is -2.44. The highest BCUT2D eigenvalue weighted by molar-refractivity contribution is 5.74. The normalized spacial score (nSPS) is 25.3. The third-order valence-electron chi connectivity index (χ3n) is 6.16. The first-order chi connectivity index (χ1) is 11.2. The van der Waals surface area contributed by atoms with Gasteiger partial charge in [-0.1, -0.05) is 12.8 Å². The topological polar surface area (TPSA) is 38.8 Å². The van der Waals surface area contributed by atoms with Crippen LogP contribution in [0.3, 0.4) is 0 Å². The first kappa shape index (κ1) is 17.0. The minimum absolute atomic E-state index is 0.174. The third-order valence-corrected chi connectivity index (χ3v) is 6.16. The fraction of sp³-hybridized carbons (Fsp3) is 0.944. The standard InChI is InChI=1S/C18H34N4O/c1-20-12-14-21(15-13-20)10-5-4-9-19-17(23)22-11-8-18(16-22)6-2-3-7-18/h2-16H2,1H3,(H,19,23). The average molecular weight is 322 g/mol. The van der Waals surface area contributed by atoms with E-state index in [4.69, 9.17) is 0 Å². The van der Waals surface area contributed by atoms with Gasteiger partial charge in [0.15, 0.2) is 0 Å². The molecular formula is C18H34N4O. The van der Waals surface area contributed by atoms with E-state index >= 15 is 0 Å². The van der Waals surface area contributed by atoms with Gasteiger partial charge >= 0.3 is 6.03 Å². The molecule has 0 unspecified atom stereocenters. The number of likely N-dealkylation sites (tertiary alicyclic amines) is 1. The van der Waals surface area contributed by atoms with Gasteiger partial charge in [-0.2, -0.15) is 0 Å². The summed E-state index contributed by atoms with van der Waals surface area (Å²) in [5, 5.41) is 3.14. The number of nitrogens with zero attached hydrogens (tertiary/aromatic N) is 3. The molecule has 2 amide bonds. The predicted molar refractivity (Wildman–Crippen MR) is 93.7 cm³/mol. The molecule has 0 aromatic rings. The maximum Gasteiger partial charge on any atom is 0.317 e. The first-order valence-corrected chi connectivity index (χ1v) is 9.61. The van der Waals surface area contributed by atoms with Crippen LogP contribution in [0.5, 0.6) is 0 Å². The van der Waals surface area contributed by atoms with E-state index in [0.717, 1.165) is 26.1 Å². The van der Waals surface area contributed by atoms with Gasteiger partial charge in [0.25, 0.3) is 0 Å². The van der Waals surface area contributed by atoms with Crippen LogP contribution in [-0.4, -0.2) is 80.1 Å². The van der Waals surface area contributed by atoms with E-state index in [1.165, 1.54) is 71.2 Å². The van der Waals surface area contributed by atoms with E-state index in [9.17, 15) is 4.79 Å². The lowest BCUT2D eigenvalue weighted by molar-refractivity contribution is 0.152. The number of amides is 2. The summed E-state index contributed by atoms with van der Waals surface area (Å²) in [5.41, 5.74) is 0.485. The fourth-order valence-corrected chi connectivity index (χ4v) is 4.48. The second-order valence-electron chi connectivity index (χ2n) is 7.96. The molecule has 2 aliphatic heterocycles. The van der Waals surface area contributed by atoms with Crippen LogP contribution in [0, 0.1) is 5.41 Å². The zero-order chi connectivity index (χ0) is 16.1. The Kier molecular flexibility index (Phi) is 5.81. The molecule has 2 heterocycles. The Morgan fingerprint density at radius 3 is 2.48 bits per heavy atom. The summed E-state index contributed by atoms with van der Waals surface area (Å²) < 4.78 is 0. The van der Waals surface area contributed by atoms with Gasteiger partial charge in [-0.05, 0) is 51.1 Å². The zero-order valence-corrected chi connectivity index (χ0v) is 14.9. The van der Waals surface area contributed by atoms with Crippen molar-refractivity contribution in [3.63, 3.8) is 0 Å². The molecule has 1 N–H and O–H groups in total. The van der Waals surface area contributed by atoms with E-state index < -0.39 is 0 Å². The van der Waals surface area contributed by atoms with Gasteiger partial charge < -0.3 is 20.0 Å². The summed E-state index contributed by atoms with van der Waals surface area (Å²) in [7, 11) is 2.20. The summed E-state index contributed by atoms with van der Waals surface area (Å²) in [6.07, 6.45) is 8.90. The molecule has 3 fully saturated rings. The molecule has 132 valence electrons. The SMILES string of the molecule is CN1CCN(CCCCNC(=O)N2CCC3(CCCC3)C2)CC1. The number of carbonyl (C=O) groups is 1. The molecule has 0 radical (unpaired) electrons. The summed E-state index contributed by atoms with van der Waals surface area (Å²) in [6, 6.07) is 0.174. The van der Waals surface area contributed by atoms with E-state index in [-0.39, 0.29) is 6.03 Å². The molecule has 0 atom stereocenters. The molecule has 3 rings (SSSR count). The van der Waals surface area contributed by atoms with Crippen LogP contribution in [0.1, 0.15) is 44.9 Å². The van der Waals surface area contributed by atoms with Crippen LogP contribution in [-0.2, 0) is 0 Å². The van der Waals surface area contributed by atoms with Gasteiger partial charge in [-0.15, -0.1) is 0 Å². The Balaban J connectivity index is 1.25. The number of piperazine rings is 1. The van der Waals surface area contributed by atoms with Crippen molar-refractivity contribution < 1.29 is 4.79 Å². The Bertz CT molecular complexity index is 386. The van der Waals surface area contributed by atoms with Crippen molar-refractivity contribution in [2.24, 2.45) is 5.41 Å². The van der Waals surface area contributed by atoms with Gasteiger partial charge in [-0.25, -0.2) is 4.79 Å². The van der Waals surface area contributed by atoms with Gasteiger partial charge in [0, 0.05) is 45.8 Å². The highest BCUT2D eigenvalue weighted by atomic mass is 16.2. The van der Waals surface area contributed by atoms with Crippen molar-refractivity contribution in [3.8, 4) is 0 Å². The summed E-state index contributed by atoms with van der Waals surface area (Å²) in [4.78, 5) is 19.3. The van der Waals surface area contributed by atoms with Crippen LogP contribution >= 0.6 is 0 Å². The molecular weight excluding hydrogens is 288 g/mol. The van der Waals surface area contributed by atoms with E-state index in [1.807, 2.05) is 0 Å². The smallest absolute Gasteiger partial charge is 0.317 e. The van der Waals surface area contributed by atoms with E-state index in [1.54, 1.807) is 0 Å². The van der Waals surface area contributed by atoms with Gasteiger partial charge in [-0.3, -0.25) is 0 Å². The summed E-state index contributed by atoms with van der Waals surface area (Å²) in [5.74, 6) is 0. The second-order valence-corrected chi connectivity index (χ2v) is 7.96. The third kappa shape index (κ3) is 4.60. The summed E-state index contributed by atoms with van der Waals surface area (Å²) in [6.45, 7) is 8.73. The molecule has 0 aromatic heterocycles. The lowest BCUT2D eigenvalue weighted by atomic mass is 9.86. The van der Waals surface area contributed by atoms with E-state index in [2.05, 4.69) is 27.1 Å². The van der Waals surface area contributed by atoms with Gasteiger partial charge in [0.1, 0.15) is 0 Å². The second kappa shape index (κ2) is 7.84. The van der Waals surface area contributed by atoms with Crippen molar-refractivity contribution >= 4 is 6.03 Å². The van der Waals surface area contributed by atoms with Crippen molar-refractivity contribution in [1.82, 2.24) is 20.0 Å². The van der Waals surface area contributed by atoms with Gasteiger partial charge in [0.05, 0.1) is 0 Å². The lowest BCUT2D eigenvalue weighted by Gasteiger charge is -2.32. The number of unbranched alkanes of at least 4 members (excludes halogenated alkanes) is 1. The van der Waals surface area contributed by atoms with Gasteiger partial charge in [0.2, 0.25) is 0 Å². The Morgan fingerprint density at radius 2 is 1.74 bits per heavy atom. The van der Waals surface area contributed by atoms with Crippen LogP contribution in [0.15, 0.2) is 0 Å². The average Bonchev–Trinajstić information content (AvgIpc) is 3.19. The molecule has 1 saturated carbocycles. The number of nitrogens with one attached hydrogen (secondary N) is 1. The highest BCUT2D eigenvalue weighted by Crippen LogP contribution is 2.45. The molecule has 3 aliphatic rings. The van der Waals surface area contributed by atoms with Crippen molar-refractivity contribution in [2.75, 3.05) is 59.4 Å². The predicted octanol–water partition coefficient (Wildman–Crippen LogP) is 1.99.